The summed E-state index contributed by atoms with van der Waals surface area (Å²) in [6.07, 6.45) is -3.89. The molecule has 1 aliphatic rings. The van der Waals surface area contributed by atoms with Gasteiger partial charge in [-0.1, -0.05) is 0 Å². The second-order valence-corrected chi connectivity index (χ2v) is 4.85. The Balaban J connectivity index is 2.69. The number of alkyl halides is 3. The largest absolute Gasteiger partial charge is 0.460 e. The summed E-state index contributed by atoms with van der Waals surface area (Å²) in [5.41, 5.74) is -0.753. The zero-order valence-corrected chi connectivity index (χ0v) is 9.60. The molecular formula is C10H16F3NO2. The zero-order chi connectivity index (χ0) is 12.6. The minimum atomic E-state index is -4.46. The van der Waals surface area contributed by atoms with Crippen LogP contribution in [0.2, 0.25) is 0 Å². The van der Waals surface area contributed by atoms with E-state index in [4.69, 9.17) is 4.74 Å². The summed E-state index contributed by atoms with van der Waals surface area (Å²) in [6, 6.07) is -1.18. The van der Waals surface area contributed by atoms with Crippen molar-refractivity contribution in [1.29, 1.82) is 0 Å². The fourth-order valence-corrected chi connectivity index (χ4v) is 1.69. The van der Waals surface area contributed by atoms with Crippen molar-refractivity contribution in [2.45, 2.75) is 51.6 Å². The molecule has 0 unspecified atom stereocenters. The number of hydrogen-bond donors (Lipinski definition) is 0. The molecule has 1 saturated heterocycles. The van der Waals surface area contributed by atoms with Crippen molar-refractivity contribution in [2.75, 3.05) is 6.54 Å². The smallest absolute Gasteiger partial charge is 0.459 e. The van der Waals surface area contributed by atoms with Crippen LogP contribution >= 0.6 is 0 Å². The van der Waals surface area contributed by atoms with Crippen LogP contribution in [0.3, 0.4) is 0 Å². The molecule has 94 valence electrons. The van der Waals surface area contributed by atoms with Gasteiger partial charge in [0.2, 0.25) is 0 Å². The molecule has 1 atom stereocenters. The van der Waals surface area contributed by atoms with Crippen molar-refractivity contribution in [3.63, 3.8) is 0 Å². The van der Waals surface area contributed by atoms with Crippen LogP contribution in [0.1, 0.15) is 33.6 Å². The number of carbonyl (C=O) groups is 1. The molecule has 3 nitrogen and oxygen atoms in total. The number of carbonyl (C=O) groups excluding carboxylic acids is 1. The Bertz CT molecular complexity index is 270. The van der Waals surface area contributed by atoms with Crippen molar-refractivity contribution in [1.82, 2.24) is 4.90 Å². The van der Waals surface area contributed by atoms with Crippen molar-refractivity contribution in [3.8, 4) is 0 Å². The average Bonchev–Trinajstić information content (AvgIpc) is 2.45. The van der Waals surface area contributed by atoms with Crippen LogP contribution in [-0.2, 0) is 9.53 Å². The molecule has 1 heterocycles. The summed E-state index contributed by atoms with van der Waals surface area (Å²) in [5, 5.41) is 0. The van der Waals surface area contributed by atoms with E-state index in [-0.39, 0.29) is 17.9 Å². The highest BCUT2D eigenvalue weighted by Crippen LogP contribution is 2.31. The highest BCUT2D eigenvalue weighted by molar-refractivity contribution is 5.76. The predicted octanol–water partition coefficient (Wildman–Crippen LogP) is 2.31. The van der Waals surface area contributed by atoms with Gasteiger partial charge >= 0.3 is 12.3 Å². The number of nitrogens with zero attached hydrogens (tertiary/aromatic N) is 1. The molecule has 0 aliphatic carbocycles. The molecule has 0 saturated carbocycles. The second-order valence-electron chi connectivity index (χ2n) is 4.85. The van der Waals surface area contributed by atoms with Gasteiger partial charge in [-0.05, 0) is 33.6 Å². The fourth-order valence-electron chi connectivity index (χ4n) is 1.69. The highest BCUT2D eigenvalue weighted by atomic mass is 19.4. The maximum Gasteiger partial charge on any atom is 0.460 e. The van der Waals surface area contributed by atoms with Crippen molar-refractivity contribution >= 4 is 5.97 Å². The van der Waals surface area contributed by atoms with E-state index in [0.29, 0.717) is 6.42 Å². The van der Waals surface area contributed by atoms with E-state index in [1.807, 2.05) is 0 Å². The average molecular weight is 239 g/mol. The van der Waals surface area contributed by atoms with Crippen LogP contribution in [0.15, 0.2) is 0 Å². The summed E-state index contributed by atoms with van der Waals surface area (Å²) in [7, 11) is 0. The maximum absolute atomic E-state index is 12.5. The molecule has 1 rings (SSSR count). The third-order valence-corrected chi connectivity index (χ3v) is 2.26. The van der Waals surface area contributed by atoms with Gasteiger partial charge in [0.15, 0.2) is 0 Å². The van der Waals surface area contributed by atoms with Gasteiger partial charge in [0, 0.05) is 6.54 Å². The van der Waals surface area contributed by atoms with Crippen LogP contribution < -0.4 is 0 Å². The molecule has 1 fully saturated rings. The Morgan fingerprint density at radius 3 is 2.31 bits per heavy atom. The Morgan fingerprint density at radius 2 is 1.88 bits per heavy atom. The van der Waals surface area contributed by atoms with Gasteiger partial charge in [-0.15, -0.1) is 0 Å². The van der Waals surface area contributed by atoms with Gasteiger partial charge in [-0.25, -0.2) is 4.90 Å². The molecule has 0 amide bonds. The SMILES string of the molecule is CC(C)(C)OC(=O)[C@@H]1CCCN1C(F)(F)F. The van der Waals surface area contributed by atoms with Crippen LogP contribution in [0.5, 0.6) is 0 Å². The minimum absolute atomic E-state index is 0.132. The van der Waals surface area contributed by atoms with E-state index in [9.17, 15) is 18.0 Å². The van der Waals surface area contributed by atoms with Gasteiger partial charge in [-0.3, -0.25) is 4.79 Å². The standard InChI is InChI=1S/C10H16F3NO2/c1-9(2,3)16-8(15)7-5-4-6-14(7)10(11,12)13/h7H,4-6H2,1-3H3/t7-/m0/s1. The maximum atomic E-state index is 12.5. The molecule has 6 heteroatoms. The van der Waals surface area contributed by atoms with E-state index in [0.717, 1.165) is 0 Å². The second kappa shape index (κ2) is 4.24. The van der Waals surface area contributed by atoms with Gasteiger partial charge in [0.1, 0.15) is 11.6 Å². The number of rotatable bonds is 1. The lowest BCUT2D eigenvalue weighted by Gasteiger charge is -2.28. The number of likely N-dealkylation sites (tertiary alicyclic amines) is 1. The molecular weight excluding hydrogens is 223 g/mol. The topological polar surface area (TPSA) is 29.5 Å². The lowest BCUT2D eigenvalue weighted by atomic mass is 10.1. The highest BCUT2D eigenvalue weighted by Gasteiger charge is 2.48. The summed E-state index contributed by atoms with van der Waals surface area (Å²) >= 11 is 0. The number of halogens is 3. The molecule has 0 aromatic rings. The van der Waals surface area contributed by atoms with E-state index < -0.39 is 23.9 Å². The number of hydrogen-bond acceptors (Lipinski definition) is 3. The van der Waals surface area contributed by atoms with E-state index >= 15 is 0 Å². The first-order valence-electron chi connectivity index (χ1n) is 5.17. The van der Waals surface area contributed by atoms with Gasteiger partial charge in [0.05, 0.1) is 0 Å². The van der Waals surface area contributed by atoms with Crippen LogP contribution in [0.25, 0.3) is 0 Å². The normalized spacial score (nSPS) is 23.5. The molecule has 0 spiro atoms. The van der Waals surface area contributed by atoms with Gasteiger partial charge in [-0.2, -0.15) is 13.2 Å². The van der Waals surface area contributed by atoms with Crippen molar-refractivity contribution < 1.29 is 22.7 Å². The van der Waals surface area contributed by atoms with Crippen molar-refractivity contribution in [3.05, 3.63) is 0 Å². The zero-order valence-electron chi connectivity index (χ0n) is 9.60. The fraction of sp³-hybridized carbons (Fsp3) is 0.900. The summed E-state index contributed by atoms with van der Waals surface area (Å²) in [6.45, 7) is 4.78. The summed E-state index contributed by atoms with van der Waals surface area (Å²) in [4.78, 5) is 11.8. The van der Waals surface area contributed by atoms with E-state index in [2.05, 4.69) is 0 Å². The molecule has 16 heavy (non-hydrogen) atoms. The molecule has 0 N–H and O–H groups in total. The lowest BCUT2D eigenvalue weighted by Crippen LogP contribution is -2.47. The Hall–Kier alpha value is -0.780. The van der Waals surface area contributed by atoms with E-state index in [1.165, 1.54) is 0 Å². The summed E-state index contributed by atoms with van der Waals surface area (Å²) < 4.78 is 42.5. The third kappa shape index (κ3) is 3.37. The predicted molar refractivity (Wildman–Crippen MR) is 51.6 cm³/mol. The van der Waals surface area contributed by atoms with Crippen LogP contribution in [0, 0.1) is 0 Å². The lowest BCUT2D eigenvalue weighted by molar-refractivity contribution is -0.253. The third-order valence-electron chi connectivity index (χ3n) is 2.26. The van der Waals surface area contributed by atoms with Gasteiger partial charge in [0.25, 0.3) is 0 Å². The summed E-state index contributed by atoms with van der Waals surface area (Å²) in [5.74, 6) is -0.790. The number of esters is 1. The van der Waals surface area contributed by atoms with Crippen LogP contribution in [-0.4, -0.2) is 35.4 Å². The monoisotopic (exact) mass is 239 g/mol. The Morgan fingerprint density at radius 1 is 1.31 bits per heavy atom. The molecule has 0 aromatic carbocycles. The Kier molecular flexibility index (Phi) is 3.52. The van der Waals surface area contributed by atoms with E-state index in [1.54, 1.807) is 20.8 Å². The Labute approximate surface area is 92.5 Å². The first-order chi connectivity index (χ1) is 7.11. The van der Waals surface area contributed by atoms with Gasteiger partial charge < -0.3 is 4.74 Å². The quantitative estimate of drug-likeness (QED) is 0.519. The molecule has 1 aliphatic heterocycles. The van der Waals surface area contributed by atoms with Crippen molar-refractivity contribution in [2.24, 2.45) is 0 Å². The van der Waals surface area contributed by atoms with Crippen LogP contribution in [0.4, 0.5) is 13.2 Å². The molecule has 0 bridgehead atoms. The molecule has 0 radical (unpaired) electrons. The first kappa shape index (κ1) is 13.3. The molecule has 0 aromatic heterocycles. The number of ether oxygens (including phenoxy) is 1. The first-order valence-corrected chi connectivity index (χ1v) is 5.17. The minimum Gasteiger partial charge on any atom is -0.459 e.